The van der Waals surface area contributed by atoms with Crippen molar-refractivity contribution in [1.82, 2.24) is 10.6 Å². The Balaban J connectivity index is 1.59. The van der Waals surface area contributed by atoms with Crippen LogP contribution in [0.5, 0.6) is 0 Å². The highest BCUT2D eigenvalue weighted by atomic mass is 32.2. The molecule has 5 nitrogen and oxygen atoms in total. The molecule has 0 saturated heterocycles. The predicted octanol–water partition coefficient (Wildman–Crippen LogP) is 3.74. The van der Waals surface area contributed by atoms with Gasteiger partial charge in [0.2, 0.25) is 20.7 Å². The average molecular weight is 450 g/mol. The Morgan fingerprint density at radius 2 is 1.80 bits per heavy atom. The first-order valence-electron chi connectivity index (χ1n) is 10.00. The van der Waals surface area contributed by atoms with E-state index < -0.39 is 31.5 Å². The predicted molar refractivity (Wildman–Crippen MR) is 103 cm³/mol. The standard InChI is InChI=1S/C20H26F4N2O3S/c1-18(8-3-9-18)26-17(27)13-25-15-6-10-19(21,11-7-15)30(28,29)16-5-2-4-14(12-16)20(22,23)24/h2,4-5,12,15,25H,3,6-11,13H2,1H3,(H,26,27)/t15-,19-. The number of amides is 1. The minimum Gasteiger partial charge on any atom is -0.350 e. The molecule has 10 heteroatoms. The summed E-state index contributed by atoms with van der Waals surface area (Å²) in [5, 5.41) is 3.35. The van der Waals surface area contributed by atoms with Crippen molar-refractivity contribution in [3.05, 3.63) is 29.8 Å². The van der Waals surface area contributed by atoms with Crippen molar-refractivity contribution in [3.8, 4) is 0 Å². The number of rotatable bonds is 6. The Kier molecular flexibility index (Phi) is 6.21. The van der Waals surface area contributed by atoms with Gasteiger partial charge in [0.25, 0.3) is 0 Å². The molecule has 0 aliphatic heterocycles. The lowest BCUT2D eigenvalue weighted by Crippen LogP contribution is -2.54. The maximum Gasteiger partial charge on any atom is 0.416 e. The highest BCUT2D eigenvalue weighted by Crippen LogP contribution is 2.41. The van der Waals surface area contributed by atoms with Gasteiger partial charge in [-0.15, -0.1) is 0 Å². The summed E-state index contributed by atoms with van der Waals surface area (Å²) in [6.07, 6.45) is -2.14. The van der Waals surface area contributed by atoms with E-state index in [0.717, 1.165) is 37.5 Å². The van der Waals surface area contributed by atoms with E-state index in [1.807, 2.05) is 6.92 Å². The quantitative estimate of drug-likeness (QED) is 0.648. The highest BCUT2D eigenvalue weighted by Gasteiger charge is 2.48. The molecule has 0 heterocycles. The lowest BCUT2D eigenvalue weighted by Gasteiger charge is -2.39. The van der Waals surface area contributed by atoms with Crippen LogP contribution in [0.3, 0.4) is 0 Å². The Labute approximate surface area is 173 Å². The Morgan fingerprint density at radius 3 is 2.33 bits per heavy atom. The van der Waals surface area contributed by atoms with Gasteiger partial charge in [0.15, 0.2) is 0 Å². The summed E-state index contributed by atoms with van der Waals surface area (Å²) in [6.45, 7) is 2.03. The number of alkyl halides is 4. The van der Waals surface area contributed by atoms with E-state index in [1.165, 1.54) is 0 Å². The largest absolute Gasteiger partial charge is 0.416 e. The fourth-order valence-electron chi connectivity index (χ4n) is 4.02. The first-order chi connectivity index (χ1) is 13.8. The molecule has 30 heavy (non-hydrogen) atoms. The summed E-state index contributed by atoms with van der Waals surface area (Å²) in [5.41, 5.74) is -1.30. The molecular weight excluding hydrogens is 424 g/mol. The van der Waals surface area contributed by atoms with E-state index in [9.17, 15) is 26.4 Å². The second-order valence-corrected chi connectivity index (χ2v) is 10.7. The van der Waals surface area contributed by atoms with Gasteiger partial charge >= 0.3 is 6.18 Å². The topological polar surface area (TPSA) is 75.3 Å². The van der Waals surface area contributed by atoms with Crippen LogP contribution in [-0.4, -0.2) is 37.5 Å². The molecule has 0 unspecified atom stereocenters. The van der Waals surface area contributed by atoms with Gasteiger partial charge in [-0.25, -0.2) is 12.8 Å². The molecule has 2 fully saturated rings. The van der Waals surface area contributed by atoms with Crippen LogP contribution < -0.4 is 10.6 Å². The molecule has 0 radical (unpaired) electrons. The number of nitrogens with one attached hydrogen (secondary N) is 2. The second-order valence-electron chi connectivity index (χ2n) is 8.53. The minimum absolute atomic E-state index is 0.0555. The molecule has 1 amide bonds. The zero-order chi connectivity index (χ0) is 22.2. The zero-order valence-electron chi connectivity index (χ0n) is 16.7. The van der Waals surface area contributed by atoms with Gasteiger partial charge in [0.1, 0.15) is 0 Å². The number of hydrogen-bond acceptors (Lipinski definition) is 4. The molecule has 2 aliphatic carbocycles. The molecule has 2 N–H and O–H groups in total. The summed E-state index contributed by atoms with van der Waals surface area (Å²) in [6, 6.07) is 2.95. The third kappa shape index (κ3) is 4.80. The van der Waals surface area contributed by atoms with Gasteiger partial charge in [-0.05, 0) is 70.1 Å². The van der Waals surface area contributed by atoms with Crippen LogP contribution in [-0.2, 0) is 20.8 Å². The molecule has 2 saturated carbocycles. The first kappa shape index (κ1) is 23.0. The monoisotopic (exact) mass is 450 g/mol. The molecule has 0 aromatic heterocycles. The van der Waals surface area contributed by atoms with Crippen molar-refractivity contribution >= 4 is 15.7 Å². The van der Waals surface area contributed by atoms with E-state index in [1.54, 1.807) is 0 Å². The normalized spacial score (nSPS) is 26.6. The van der Waals surface area contributed by atoms with E-state index in [2.05, 4.69) is 10.6 Å². The average Bonchev–Trinajstić information content (AvgIpc) is 2.65. The number of carbonyl (C=O) groups excluding carboxylic acids is 1. The number of benzene rings is 1. The molecule has 1 aromatic rings. The van der Waals surface area contributed by atoms with E-state index in [-0.39, 0.29) is 49.7 Å². The van der Waals surface area contributed by atoms with Crippen molar-refractivity contribution in [1.29, 1.82) is 0 Å². The maximum atomic E-state index is 15.3. The second kappa shape index (κ2) is 8.11. The van der Waals surface area contributed by atoms with Crippen molar-refractivity contribution in [3.63, 3.8) is 0 Å². The summed E-state index contributed by atoms with van der Waals surface area (Å²) >= 11 is 0. The summed E-state index contributed by atoms with van der Waals surface area (Å²) in [5.74, 6) is -0.161. The SMILES string of the molecule is CC1(NC(=O)CN[C@H]2CC[C@](F)(S(=O)(=O)c3cccc(C(F)(F)F)c3)CC2)CCC1. The summed E-state index contributed by atoms with van der Waals surface area (Å²) in [4.78, 5) is 11.4. The van der Waals surface area contributed by atoms with Gasteiger partial charge in [-0.2, -0.15) is 13.2 Å². The van der Waals surface area contributed by atoms with Crippen LogP contribution in [0.15, 0.2) is 29.2 Å². The van der Waals surface area contributed by atoms with Crippen LogP contribution in [0.25, 0.3) is 0 Å². The number of halogens is 4. The molecule has 168 valence electrons. The van der Waals surface area contributed by atoms with Crippen molar-refractivity contribution in [2.75, 3.05) is 6.54 Å². The third-order valence-corrected chi connectivity index (χ3v) is 8.38. The van der Waals surface area contributed by atoms with Crippen LogP contribution in [0.1, 0.15) is 57.4 Å². The summed E-state index contributed by atoms with van der Waals surface area (Å²) < 4.78 is 79.5. The van der Waals surface area contributed by atoms with Gasteiger partial charge in [0, 0.05) is 11.6 Å². The third-order valence-electron chi connectivity index (χ3n) is 6.14. The number of sulfone groups is 1. The summed E-state index contributed by atoms with van der Waals surface area (Å²) in [7, 11) is -4.59. The van der Waals surface area contributed by atoms with Crippen molar-refractivity contribution in [2.45, 2.75) is 79.5 Å². The fraction of sp³-hybridized carbons (Fsp3) is 0.650. The van der Waals surface area contributed by atoms with Crippen molar-refractivity contribution in [2.24, 2.45) is 0 Å². The molecule has 2 aliphatic rings. The van der Waals surface area contributed by atoms with Gasteiger partial charge in [0.05, 0.1) is 17.0 Å². The Morgan fingerprint density at radius 1 is 1.17 bits per heavy atom. The lowest BCUT2D eigenvalue weighted by atomic mass is 9.78. The van der Waals surface area contributed by atoms with Gasteiger partial charge < -0.3 is 10.6 Å². The molecule has 3 rings (SSSR count). The first-order valence-corrected chi connectivity index (χ1v) is 11.5. The van der Waals surface area contributed by atoms with E-state index in [4.69, 9.17) is 0 Å². The van der Waals surface area contributed by atoms with E-state index in [0.29, 0.717) is 6.07 Å². The van der Waals surface area contributed by atoms with Gasteiger partial charge in [-0.1, -0.05) is 6.07 Å². The van der Waals surface area contributed by atoms with Crippen LogP contribution in [0.4, 0.5) is 17.6 Å². The Hall–Kier alpha value is -1.68. The lowest BCUT2D eigenvalue weighted by molar-refractivity contribution is -0.137. The van der Waals surface area contributed by atoms with Crippen LogP contribution >= 0.6 is 0 Å². The van der Waals surface area contributed by atoms with E-state index >= 15 is 4.39 Å². The number of hydrogen-bond donors (Lipinski definition) is 2. The molecule has 0 spiro atoms. The smallest absolute Gasteiger partial charge is 0.350 e. The number of carbonyl (C=O) groups is 1. The highest BCUT2D eigenvalue weighted by molar-refractivity contribution is 7.92. The van der Waals surface area contributed by atoms with Crippen LogP contribution in [0, 0.1) is 0 Å². The molecule has 1 aromatic carbocycles. The zero-order valence-corrected chi connectivity index (χ0v) is 17.5. The van der Waals surface area contributed by atoms with Crippen molar-refractivity contribution < 1.29 is 30.8 Å². The van der Waals surface area contributed by atoms with Gasteiger partial charge in [-0.3, -0.25) is 4.79 Å². The minimum atomic E-state index is -4.71. The molecular formula is C20H26F4N2O3S. The maximum absolute atomic E-state index is 15.3. The molecule has 0 atom stereocenters. The Bertz CT molecular complexity index is 890. The van der Waals surface area contributed by atoms with Crippen LogP contribution in [0.2, 0.25) is 0 Å². The molecule has 0 bridgehead atoms. The fourth-order valence-corrected chi connectivity index (χ4v) is 5.76.